The SMILES string of the molecule is O=C(O)c1ccc2nccc(Oc3ccccc3)c2c1. The van der Waals surface area contributed by atoms with Crippen molar-refractivity contribution in [3.63, 3.8) is 0 Å². The Labute approximate surface area is 115 Å². The van der Waals surface area contributed by atoms with E-state index in [9.17, 15) is 4.79 Å². The molecule has 3 rings (SSSR count). The molecule has 0 atom stereocenters. The predicted octanol–water partition coefficient (Wildman–Crippen LogP) is 3.73. The monoisotopic (exact) mass is 265 g/mol. The standard InChI is InChI=1S/C16H11NO3/c18-16(19)11-6-7-14-13(10-11)15(8-9-17-14)20-12-4-2-1-3-5-12/h1-10H,(H,18,19). The van der Waals surface area contributed by atoms with Crippen LogP contribution in [0.1, 0.15) is 10.4 Å². The van der Waals surface area contributed by atoms with Crippen molar-refractivity contribution in [1.29, 1.82) is 0 Å². The molecule has 1 heterocycles. The zero-order valence-electron chi connectivity index (χ0n) is 10.5. The van der Waals surface area contributed by atoms with Crippen LogP contribution in [0, 0.1) is 0 Å². The van der Waals surface area contributed by atoms with E-state index in [-0.39, 0.29) is 5.56 Å². The number of benzene rings is 2. The fraction of sp³-hybridized carbons (Fsp3) is 0. The van der Waals surface area contributed by atoms with Gasteiger partial charge in [0, 0.05) is 11.6 Å². The number of carbonyl (C=O) groups is 1. The summed E-state index contributed by atoms with van der Waals surface area (Å²) in [5.41, 5.74) is 0.909. The van der Waals surface area contributed by atoms with Crippen LogP contribution in [0.2, 0.25) is 0 Å². The Morgan fingerprint density at radius 3 is 2.60 bits per heavy atom. The average molecular weight is 265 g/mol. The lowest BCUT2D eigenvalue weighted by Gasteiger charge is -2.08. The maximum Gasteiger partial charge on any atom is 0.335 e. The van der Waals surface area contributed by atoms with E-state index in [1.165, 1.54) is 6.07 Å². The van der Waals surface area contributed by atoms with Gasteiger partial charge in [0.25, 0.3) is 0 Å². The van der Waals surface area contributed by atoms with Gasteiger partial charge in [-0.3, -0.25) is 4.98 Å². The van der Waals surface area contributed by atoms with Crippen molar-refractivity contribution in [3.05, 3.63) is 66.4 Å². The van der Waals surface area contributed by atoms with E-state index in [0.717, 1.165) is 0 Å². The fourth-order valence-electron chi connectivity index (χ4n) is 1.96. The number of para-hydroxylation sites is 1. The summed E-state index contributed by atoms with van der Waals surface area (Å²) < 4.78 is 5.79. The fourth-order valence-corrected chi connectivity index (χ4v) is 1.96. The highest BCUT2D eigenvalue weighted by atomic mass is 16.5. The maximum absolute atomic E-state index is 11.1. The molecule has 0 aliphatic carbocycles. The van der Waals surface area contributed by atoms with E-state index in [1.54, 1.807) is 24.4 Å². The zero-order valence-corrected chi connectivity index (χ0v) is 10.5. The Morgan fingerprint density at radius 1 is 1.05 bits per heavy atom. The van der Waals surface area contributed by atoms with Crippen molar-refractivity contribution in [2.24, 2.45) is 0 Å². The Kier molecular flexibility index (Phi) is 3.05. The maximum atomic E-state index is 11.1. The molecule has 0 fully saturated rings. The first kappa shape index (κ1) is 12.2. The van der Waals surface area contributed by atoms with Gasteiger partial charge in [-0.25, -0.2) is 4.79 Å². The third-order valence-corrected chi connectivity index (χ3v) is 2.92. The Hall–Kier alpha value is -2.88. The van der Waals surface area contributed by atoms with Gasteiger partial charge in [0.15, 0.2) is 0 Å². The highest BCUT2D eigenvalue weighted by molar-refractivity contribution is 5.95. The minimum absolute atomic E-state index is 0.211. The van der Waals surface area contributed by atoms with Gasteiger partial charge in [0.2, 0.25) is 0 Å². The van der Waals surface area contributed by atoms with Crippen LogP contribution in [0.25, 0.3) is 10.9 Å². The van der Waals surface area contributed by atoms with Crippen molar-refractivity contribution >= 4 is 16.9 Å². The number of hydrogen-bond donors (Lipinski definition) is 1. The molecule has 4 nitrogen and oxygen atoms in total. The number of pyridine rings is 1. The van der Waals surface area contributed by atoms with Gasteiger partial charge < -0.3 is 9.84 Å². The lowest BCUT2D eigenvalue weighted by Crippen LogP contribution is -1.96. The van der Waals surface area contributed by atoms with E-state index < -0.39 is 5.97 Å². The number of carboxylic acids is 1. The van der Waals surface area contributed by atoms with Gasteiger partial charge in [-0.15, -0.1) is 0 Å². The van der Waals surface area contributed by atoms with Crippen molar-refractivity contribution in [2.45, 2.75) is 0 Å². The van der Waals surface area contributed by atoms with Crippen molar-refractivity contribution in [2.75, 3.05) is 0 Å². The summed E-state index contributed by atoms with van der Waals surface area (Å²) in [4.78, 5) is 15.3. The molecule has 0 unspecified atom stereocenters. The Bertz CT molecular complexity index is 769. The van der Waals surface area contributed by atoms with Gasteiger partial charge >= 0.3 is 5.97 Å². The first-order valence-corrected chi connectivity index (χ1v) is 6.09. The van der Waals surface area contributed by atoms with Crippen LogP contribution in [0.5, 0.6) is 11.5 Å². The quantitative estimate of drug-likeness (QED) is 0.784. The second-order valence-corrected chi connectivity index (χ2v) is 4.26. The van der Waals surface area contributed by atoms with E-state index in [2.05, 4.69) is 4.98 Å². The molecule has 1 N–H and O–H groups in total. The van der Waals surface area contributed by atoms with Gasteiger partial charge in [-0.2, -0.15) is 0 Å². The van der Waals surface area contributed by atoms with E-state index in [0.29, 0.717) is 22.4 Å². The molecule has 0 aliphatic heterocycles. The minimum Gasteiger partial charge on any atom is -0.478 e. The van der Waals surface area contributed by atoms with Gasteiger partial charge in [-0.1, -0.05) is 18.2 Å². The van der Waals surface area contributed by atoms with Crippen molar-refractivity contribution in [3.8, 4) is 11.5 Å². The molecule has 0 saturated heterocycles. The average Bonchev–Trinajstić information content (AvgIpc) is 2.48. The molecule has 1 aromatic heterocycles. The summed E-state index contributed by atoms with van der Waals surface area (Å²) in [5, 5.41) is 9.74. The van der Waals surface area contributed by atoms with Crippen LogP contribution in [0.15, 0.2) is 60.8 Å². The lowest BCUT2D eigenvalue weighted by atomic mass is 10.1. The highest BCUT2D eigenvalue weighted by Crippen LogP contribution is 2.29. The molecule has 0 aliphatic rings. The number of rotatable bonds is 3. The summed E-state index contributed by atoms with van der Waals surface area (Å²) in [7, 11) is 0. The van der Waals surface area contributed by atoms with Gasteiger partial charge in [-0.05, 0) is 36.4 Å². The Balaban J connectivity index is 2.10. The molecule has 0 saturated carbocycles. The molecule has 3 aromatic rings. The summed E-state index contributed by atoms with van der Waals surface area (Å²) >= 11 is 0. The minimum atomic E-state index is -0.971. The molecule has 20 heavy (non-hydrogen) atoms. The zero-order chi connectivity index (χ0) is 13.9. The van der Waals surface area contributed by atoms with E-state index >= 15 is 0 Å². The largest absolute Gasteiger partial charge is 0.478 e. The highest BCUT2D eigenvalue weighted by Gasteiger charge is 2.08. The third-order valence-electron chi connectivity index (χ3n) is 2.92. The molecule has 0 bridgehead atoms. The number of carboxylic acid groups (broad SMARTS) is 1. The van der Waals surface area contributed by atoms with E-state index in [4.69, 9.17) is 9.84 Å². The third kappa shape index (κ3) is 2.31. The van der Waals surface area contributed by atoms with Crippen molar-refractivity contribution < 1.29 is 14.6 Å². The summed E-state index contributed by atoms with van der Waals surface area (Å²) in [5.74, 6) is 0.312. The van der Waals surface area contributed by atoms with Crippen LogP contribution in [-0.4, -0.2) is 16.1 Å². The molecule has 0 spiro atoms. The van der Waals surface area contributed by atoms with Crippen LogP contribution in [0.3, 0.4) is 0 Å². The summed E-state index contributed by atoms with van der Waals surface area (Å²) in [6.45, 7) is 0. The number of ether oxygens (including phenoxy) is 1. The summed E-state index contributed by atoms with van der Waals surface area (Å²) in [6.07, 6.45) is 1.64. The Morgan fingerprint density at radius 2 is 1.85 bits per heavy atom. The smallest absolute Gasteiger partial charge is 0.335 e. The van der Waals surface area contributed by atoms with Crippen LogP contribution in [0.4, 0.5) is 0 Å². The van der Waals surface area contributed by atoms with Gasteiger partial charge in [0.05, 0.1) is 11.1 Å². The number of hydrogen-bond acceptors (Lipinski definition) is 3. The molecule has 0 radical (unpaired) electrons. The van der Waals surface area contributed by atoms with Crippen LogP contribution in [-0.2, 0) is 0 Å². The lowest BCUT2D eigenvalue weighted by molar-refractivity contribution is 0.0697. The topological polar surface area (TPSA) is 59.4 Å². The normalized spacial score (nSPS) is 10.4. The molecular weight excluding hydrogens is 254 g/mol. The first-order valence-electron chi connectivity index (χ1n) is 6.09. The number of nitrogens with zero attached hydrogens (tertiary/aromatic N) is 1. The molecule has 4 heteroatoms. The number of aromatic carboxylic acids is 1. The van der Waals surface area contributed by atoms with Gasteiger partial charge in [0.1, 0.15) is 11.5 Å². The second-order valence-electron chi connectivity index (χ2n) is 4.26. The van der Waals surface area contributed by atoms with Crippen molar-refractivity contribution in [1.82, 2.24) is 4.98 Å². The van der Waals surface area contributed by atoms with Crippen LogP contribution >= 0.6 is 0 Å². The van der Waals surface area contributed by atoms with E-state index in [1.807, 2.05) is 30.3 Å². The molecular formula is C16H11NO3. The van der Waals surface area contributed by atoms with Crippen LogP contribution < -0.4 is 4.74 Å². The first-order chi connectivity index (χ1) is 9.74. The number of aromatic nitrogens is 1. The predicted molar refractivity (Wildman–Crippen MR) is 75.2 cm³/mol. The molecule has 2 aromatic carbocycles. The second kappa shape index (κ2) is 5.01. The molecule has 0 amide bonds. The number of fused-ring (bicyclic) bond motifs is 1. The summed E-state index contributed by atoms with van der Waals surface area (Å²) in [6, 6.07) is 15.8. The molecule has 98 valence electrons.